The molecule has 5 heteroatoms. The van der Waals surface area contributed by atoms with Gasteiger partial charge in [-0.05, 0) is 43.4 Å². The van der Waals surface area contributed by atoms with Gasteiger partial charge in [0.15, 0.2) is 0 Å². The molecular weight excluding hydrogens is 301 g/mol. The van der Waals surface area contributed by atoms with E-state index in [9.17, 15) is 13.2 Å². The standard InChI is InChI=1S/C18H17F3N2/c19-18(20,21)15-10-4-6-12-17(15)23-22-16-11-5-2-8-13-7-1-3-9-14(13)16/h1,3-4,6-7,9-10,12,23H,2,5,8,11H2/b22-16+. The second-order valence-corrected chi connectivity index (χ2v) is 5.58. The van der Waals surface area contributed by atoms with Crippen molar-refractivity contribution in [3.8, 4) is 0 Å². The summed E-state index contributed by atoms with van der Waals surface area (Å²) in [7, 11) is 0. The van der Waals surface area contributed by atoms with Crippen LogP contribution in [0.3, 0.4) is 0 Å². The van der Waals surface area contributed by atoms with Gasteiger partial charge < -0.3 is 0 Å². The van der Waals surface area contributed by atoms with Gasteiger partial charge in [-0.1, -0.05) is 36.4 Å². The topological polar surface area (TPSA) is 24.4 Å². The predicted octanol–water partition coefficient (Wildman–Crippen LogP) is 5.25. The summed E-state index contributed by atoms with van der Waals surface area (Å²) < 4.78 is 39.1. The molecule has 0 unspecified atom stereocenters. The first kappa shape index (κ1) is 15.6. The first-order valence-corrected chi connectivity index (χ1v) is 7.63. The Bertz CT molecular complexity index is 720. The third-order valence-corrected chi connectivity index (χ3v) is 3.98. The fourth-order valence-electron chi connectivity index (χ4n) is 2.83. The van der Waals surface area contributed by atoms with Gasteiger partial charge in [0.25, 0.3) is 0 Å². The van der Waals surface area contributed by atoms with E-state index in [0.29, 0.717) is 0 Å². The van der Waals surface area contributed by atoms with Crippen molar-refractivity contribution in [2.24, 2.45) is 5.10 Å². The van der Waals surface area contributed by atoms with Crippen molar-refractivity contribution in [1.82, 2.24) is 0 Å². The van der Waals surface area contributed by atoms with Crippen LogP contribution < -0.4 is 5.43 Å². The van der Waals surface area contributed by atoms with Crippen LogP contribution in [0.1, 0.15) is 36.0 Å². The molecule has 0 heterocycles. The molecule has 2 aromatic rings. The lowest BCUT2D eigenvalue weighted by molar-refractivity contribution is -0.136. The summed E-state index contributed by atoms with van der Waals surface area (Å²) in [6.45, 7) is 0. The number of anilines is 1. The molecule has 2 aromatic carbocycles. The summed E-state index contributed by atoms with van der Waals surface area (Å²) in [5.41, 5.74) is 4.95. The van der Waals surface area contributed by atoms with Gasteiger partial charge in [-0.25, -0.2) is 0 Å². The van der Waals surface area contributed by atoms with E-state index in [0.717, 1.165) is 43.0 Å². The summed E-state index contributed by atoms with van der Waals surface area (Å²) in [5, 5.41) is 4.30. The molecule has 1 N–H and O–H groups in total. The predicted molar refractivity (Wildman–Crippen MR) is 85.6 cm³/mol. The molecule has 0 radical (unpaired) electrons. The molecule has 0 saturated heterocycles. The van der Waals surface area contributed by atoms with Gasteiger partial charge in [0, 0.05) is 5.56 Å². The zero-order chi connectivity index (χ0) is 16.3. The maximum Gasteiger partial charge on any atom is 0.418 e. The van der Waals surface area contributed by atoms with E-state index < -0.39 is 11.7 Å². The Hall–Kier alpha value is -2.30. The van der Waals surface area contributed by atoms with E-state index in [1.165, 1.54) is 17.7 Å². The fraction of sp³-hybridized carbons (Fsp3) is 0.278. The van der Waals surface area contributed by atoms with Gasteiger partial charge in [-0.2, -0.15) is 18.3 Å². The van der Waals surface area contributed by atoms with E-state index in [4.69, 9.17) is 0 Å². The molecule has 2 nitrogen and oxygen atoms in total. The average Bonchev–Trinajstić information content (AvgIpc) is 2.74. The molecule has 0 fully saturated rings. The number of hydrogen-bond donors (Lipinski definition) is 1. The van der Waals surface area contributed by atoms with Crippen molar-refractivity contribution in [3.63, 3.8) is 0 Å². The molecule has 0 aliphatic heterocycles. The van der Waals surface area contributed by atoms with Gasteiger partial charge in [0.1, 0.15) is 0 Å². The minimum Gasteiger partial charge on any atom is -0.278 e. The molecule has 0 saturated carbocycles. The number of rotatable bonds is 2. The fourth-order valence-corrected chi connectivity index (χ4v) is 2.83. The minimum atomic E-state index is -4.40. The highest BCUT2D eigenvalue weighted by atomic mass is 19.4. The van der Waals surface area contributed by atoms with Gasteiger partial charge in [-0.3, -0.25) is 5.43 Å². The Kier molecular flexibility index (Phi) is 4.37. The third-order valence-electron chi connectivity index (χ3n) is 3.98. The first-order chi connectivity index (χ1) is 11.1. The number of para-hydroxylation sites is 1. The zero-order valence-corrected chi connectivity index (χ0v) is 12.5. The van der Waals surface area contributed by atoms with E-state index in [1.54, 1.807) is 6.07 Å². The number of benzene rings is 2. The number of fused-ring (bicyclic) bond motifs is 1. The second-order valence-electron chi connectivity index (χ2n) is 5.58. The number of aryl methyl sites for hydroxylation is 1. The van der Waals surface area contributed by atoms with Gasteiger partial charge in [0.05, 0.1) is 17.0 Å². The highest BCUT2D eigenvalue weighted by Crippen LogP contribution is 2.34. The Morgan fingerprint density at radius 2 is 1.57 bits per heavy atom. The molecule has 0 atom stereocenters. The SMILES string of the molecule is FC(F)(F)c1ccccc1N/N=C1\CCCCc2ccccc21. The molecule has 3 rings (SSSR count). The van der Waals surface area contributed by atoms with Crippen molar-refractivity contribution < 1.29 is 13.2 Å². The molecule has 0 aromatic heterocycles. The number of hydrazone groups is 1. The van der Waals surface area contributed by atoms with Crippen LogP contribution in [0.4, 0.5) is 18.9 Å². The van der Waals surface area contributed by atoms with Crippen LogP contribution in [0.2, 0.25) is 0 Å². The molecule has 0 spiro atoms. The maximum atomic E-state index is 13.0. The van der Waals surface area contributed by atoms with Crippen molar-refractivity contribution in [2.45, 2.75) is 31.9 Å². The number of halogens is 3. The lowest BCUT2D eigenvalue weighted by Gasteiger charge is -2.13. The molecule has 1 aliphatic carbocycles. The number of alkyl halides is 3. The summed E-state index contributed by atoms with van der Waals surface area (Å²) >= 11 is 0. The van der Waals surface area contributed by atoms with E-state index >= 15 is 0 Å². The molecule has 1 aliphatic rings. The zero-order valence-electron chi connectivity index (χ0n) is 12.5. The average molecular weight is 318 g/mol. The van der Waals surface area contributed by atoms with Gasteiger partial charge >= 0.3 is 6.18 Å². The van der Waals surface area contributed by atoms with Gasteiger partial charge in [-0.15, -0.1) is 0 Å². The number of nitrogens with zero attached hydrogens (tertiary/aromatic N) is 1. The summed E-state index contributed by atoms with van der Waals surface area (Å²) in [5.74, 6) is 0. The quantitative estimate of drug-likeness (QED) is 0.593. The lowest BCUT2D eigenvalue weighted by Crippen LogP contribution is -2.10. The largest absolute Gasteiger partial charge is 0.418 e. The Labute approximate surface area is 133 Å². The molecule has 0 bridgehead atoms. The van der Waals surface area contributed by atoms with Crippen LogP contribution in [0.5, 0.6) is 0 Å². The van der Waals surface area contributed by atoms with Crippen LogP contribution in [0.25, 0.3) is 0 Å². The Morgan fingerprint density at radius 1 is 0.870 bits per heavy atom. The smallest absolute Gasteiger partial charge is 0.278 e. The van der Waals surface area contributed by atoms with Gasteiger partial charge in [0.2, 0.25) is 0 Å². The molecule has 120 valence electrons. The molecule has 23 heavy (non-hydrogen) atoms. The first-order valence-electron chi connectivity index (χ1n) is 7.63. The van der Waals surface area contributed by atoms with Crippen molar-refractivity contribution in [1.29, 1.82) is 0 Å². The molecule has 0 amide bonds. The van der Waals surface area contributed by atoms with Crippen molar-refractivity contribution >= 4 is 11.4 Å². The second kappa shape index (κ2) is 6.44. The van der Waals surface area contributed by atoms with E-state index in [-0.39, 0.29) is 5.69 Å². The normalized spacial score (nSPS) is 16.7. The van der Waals surface area contributed by atoms with Crippen LogP contribution in [-0.2, 0) is 12.6 Å². The number of nitrogens with one attached hydrogen (secondary N) is 1. The maximum absolute atomic E-state index is 13.0. The summed E-state index contributed by atoms with van der Waals surface area (Å²) in [4.78, 5) is 0. The Morgan fingerprint density at radius 3 is 2.39 bits per heavy atom. The van der Waals surface area contributed by atoms with E-state index in [1.807, 2.05) is 18.2 Å². The molecular formula is C18H17F3N2. The van der Waals surface area contributed by atoms with Crippen LogP contribution >= 0.6 is 0 Å². The van der Waals surface area contributed by atoms with E-state index in [2.05, 4.69) is 16.6 Å². The summed E-state index contributed by atoms with van der Waals surface area (Å²) in [6, 6.07) is 13.4. The highest BCUT2D eigenvalue weighted by molar-refractivity contribution is 6.02. The van der Waals surface area contributed by atoms with Crippen molar-refractivity contribution in [2.75, 3.05) is 5.43 Å². The number of hydrogen-bond acceptors (Lipinski definition) is 2. The lowest BCUT2D eigenvalue weighted by atomic mass is 10.0. The third kappa shape index (κ3) is 3.55. The van der Waals surface area contributed by atoms with Crippen LogP contribution in [0.15, 0.2) is 53.6 Å². The van der Waals surface area contributed by atoms with Crippen molar-refractivity contribution in [3.05, 3.63) is 65.2 Å². The van der Waals surface area contributed by atoms with Crippen LogP contribution in [0, 0.1) is 0 Å². The van der Waals surface area contributed by atoms with Crippen LogP contribution in [-0.4, -0.2) is 5.71 Å². The Balaban J connectivity index is 1.92. The minimum absolute atomic E-state index is 0.0192. The summed E-state index contributed by atoms with van der Waals surface area (Å²) in [6.07, 6.45) is -0.608. The highest BCUT2D eigenvalue weighted by Gasteiger charge is 2.33. The monoisotopic (exact) mass is 318 g/mol.